The third kappa shape index (κ3) is 5.53. The summed E-state index contributed by atoms with van der Waals surface area (Å²) in [6.45, 7) is 0. The van der Waals surface area contributed by atoms with Gasteiger partial charge in [-0.15, -0.1) is 0 Å². The second-order valence-electron chi connectivity index (χ2n) is 14.0. The number of hydrogen-bond acceptors (Lipinski definition) is 5. The summed E-state index contributed by atoms with van der Waals surface area (Å²) in [5.74, 6) is 1.80. The molecule has 262 valence electrons. The minimum Gasteiger partial charge on any atom is -0.456 e. The van der Waals surface area contributed by atoms with Gasteiger partial charge < -0.3 is 8.83 Å². The van der Waals surface area contributed by atoms with E-state index >= 15 is 0 Å². The summed E-state index contributed by atoms with van der Waals surface area (Å²) in [5.41, 5.74) is 12.7. The Bertz CT molecular complexity index is 3240. The van der Waals surface area contributed by atoms with E-state index in [1.54, 1.807) is 0 Å². The Morgan fingerprint density at radius 1 is 0.268 bits per heavy atom. The molecule has 5 heteroatoms. The van der Waals surface area contributed by atoms with Gasteiger partial charge in [0.1, 0.15) is 22.3 Å². The monoisotopic (exact) mass is 717 g/mol. The molecule has 5 nitrogen and oxygen atoms in total. The van der Waals surface area contributed by atoms with Crippen molar-refractivity contribution < 1.29 is 8.83 Å². The maximum atomic E-state index is 6.52. The Morgan fingerprint density at radius 2 is 0.804 bits per heavy atom. The van der Waals surface area contributed by atoms with E-state index in [2.05, 4.69) is 127 Å². The molecule has 0 aliphatic carbocycles. The van der Waals surface area contributed by atoms with E-state index in [-0.39, 0.29) is 0 Å². The summed E-state index contributed by atoms with van der Waals surface area (Å²) in [6, 6.07) is 64.6. The van der Waals surface area contributed by atoms with Crippen molar-refractivity contribution >= 4 is 43.9 Å². The lowest BCUT2D eigenvalue weighted by Crippen LogP contribution is -2.00. The van der Waals surface area contributed by atoms with Crippen molar-refractivity contribution in [3.8, 4) is 67.5 Å². The Hall–Kier alpha value is -7.63. The molecular formula is C51H31N3O2. The van der Waals surface area contributed by atoms with Crippen molar-refractivity contribution in [1.29, 1.82) is 0 Å². The number of hydrogen-bond donors (Lipinski definition) is 0. The van der Waals surface area contributed by atoms with E-state index in [9.17, 15) is 0 Å². The van der Waals surface area contributed by atoms with Gasteiger partial charge in [0, 0.05) is 43.8 Å². The molecule has 0 fully saturated rings. The summed E-state index contributed by atoms with van der Waals surface area (Å²) < 4.78 is 13.0. The Balaban J connectivity index is 1.03. The summed E-state index contributed by atoms with van der Waals surface area (Å²) >= 11 is 0. The van der Waals surface area contributed by atoms with Crippen molar-refractivity contribution in [3.63, 3.8) is 0 Å². The molecular weight excluding hydrogens is 687 g/mol. The van der Waals surface area contributed by atoms with Crippen LogP contribution >= 0.6 is 0 Å². The van der Waals surface area contributed by atoms with Gasteiger partial charge in [-0.3, -0.25) is 0 Å². The molecule has 0 bridgehead atoms. The normalized spacial score (nSPS) is 11.6. The number of aromatic nitrogens is 3. The Kier molecular flexibility index (Phi) is 7.42. The molecule has 3 aromatic heterocycles. The predicted molar refractivity (Wildman–Crippen MR) is 227 cm³/mol. The lowest BCUT2D eigenvalue weighted by molar-refractivity contribution is 0.669. The lowest BCUT2D eigenvalue weighted by Gasteiger charge is -2.10. The van der Waals surface area contributed by atoms with Gasteiger partial charge in [0.05, 0.1) is 0 Å². The number of para-hydroxylation sites is 1. The molecule has 0 spiro atoms. The third-order valence-electron chi connectivity index (χ3n) is 10.5. The maximum absolute atomic E-state index is 6.52. The Morgan fingerprint density at radius 3 is 1.57 bits per heavy atom. The van der Waals surface area contributed by atoms with Crippen LogP contribution in [0.5, 0.6) is 0 Å². The van der Waals surface area contributed by atoms with E-state index in [0.717, 1.165) is 93.9 Å². The van der Waals surface area contributed by atoms with Crippen LogP contribution in [0.15, 0.2) is 197 Å². The molecule has 56 heavy (non-hydrogen) atoms. The fourth-order valence-electron chi connectivity index (χ4n) is 7.74. The van der Waals surface area contributed by atoms with Crippen LogP contribution < -0.4 is 0 Å². The van der Waals surface area contributed by atoms with Crippen LogP contribution in [-0.4, -0.2) is 15.0 Å². The molecule has 0 aliphatic rings. The average Bonchev–Trinajstić information content (AvgIpc) is 3.84. The molecule has 11 aromatic rings. The van der Waals surface area contributed by atoms with Crippen molar-refractivity contribution in [1.82, 2.24) is 15.0 Å². The van der Waals surface area contributed by atoms with Gasteiger partial charge in [-0.25, -0.2) is 15.0 Å². The molecule has 3 heterocycles. The van der Waals surface area contributed by atoms with E-state index in [0.29, 0.717) is 17.5 Å². The summed E-state index contributed by atoms with van der Waals surface area (Å²) in [4.78, 5) is 15.0. The first-order valence-corrected chi connectivity index (χ1v) is 18.7. The molecule has 0 unspecified atom stereocenters. The zero-order valence-electron chi connectivity index (χ0n) is 30.1. The number of benzene rings is 8. The largest absolute Gasteiger partial charge is 0.456 e. The summed E-state index contributed by atoms with van der Waals surface area (Å²) in [7, 11) is 0. The summed E-state index contributed by atoms with van der Waals surface area (Å²) in [6.07, 6.45) is 0. The standard InChI is InChI=1S/C51H31N3O2/c1-4-13-32(14-5-1)35-19-12-20-37(27-35)50-52-49(34-17-8-3-9-18-34)53-51(54-50)38-23-25-41-43-28-36(24-26-46(43)55-47(41)31-38)39-29-42(33-15-6-2-7-16-33)48-44(30-39)40-21-10-11-22-45(40)56-48/h1-31H. The van der Waals surface area contributed by atoms with Crippen molar-refractivity contribution in [3.05, 3.63) is 188 Å². The average molecular weight is 718 g/mol. The van der Waals surface area contributed by atoms with Crippen LogP contribution in [0, 0.1) is 0 Å². The van der Waals surface area contributed by atoms with Crippen molar-refractivity contribution in [2.45, 2.75) is 0 Å². The van der Waals surface area contributed by atoms with Crippen molar-refractivity contribution in [2.24, 2.45) is 0 Å². The van der Waals surface area contributed by atoms with Gasteiger partial charge in [0.25, 0.3) is 0 Å². The van der Waals surface area contributed by atoms with E-state index in [1.807, 2.05) is 60.7 Å². The molecule has 8 aromatic carbocycles. The first-order chi connectivity index (χ1) is 27.7. The smallest absolute Gasteiger partial charge is 0.164 e. The van der Waals surface area contributed by atoms with Crippen LogP contribution in [-0.2, 0) is 0 Å². The second kappa shape index (κ2) is 13.0. The molecule has 0 aliphatic heterocycles. The van der Waals surface area contributed by atoms with E-state index < -0.39 is 0 Å². The highest BCUT2D eigenvalue weighted by Gasteiger charge is 2.18. The van der Waals surface area contributed by atoms with Crippen LogP contribution in [0.4, 0.5) is 0 Å². The molecule has 0 saturated carbocycles. The molecule has 0 radical (unpaired) electrons. The van der Waals surface area contributed by atoms with Gasteiger partial charge in [0.2, 0.25) is 0 Å². The topological polar surface area (TPSA) is 65.0 Å². The van der Waals surface area contributed by atoms with Gasteiger partial charge in [0.15, 0.2) is 17.5 Å². The highest BCUT2D eigenvalue weighted by Crippen LogP contribution is 2.41. The van der Waals surface area contributed by atoms with Gasteiger partial charge in [-0.05, 0) is 76.3 Å². The molecule has 11 rings (SSSR count). The van der Waals surface area contributed by atoms with Crippen LogP contribution in [0.25, 0.3) is 111 Å². The fourth-order valence-corrected chi connectivity index (χ4v) is 7.74. The lowest BCUT2D eigenvalue weighted by atomic mass is 9.95. The van der Waals surface area contributed by atoms with Gasteiger partial charge in [-0.2, -0.15) is 0 Å². The third-order valence-corrected chi connectivity index (χ3v) is 10.5. The molecule has 0 saturated heterocycles. The summed E-state index contributed by atoms with van der Waals surface area (Å²) in [5, 5.41) is 4.26. The van der Waals surface area contributed by atoms with Crippen molar-refractivity contribution in [2.75, 3.05) is 0 Å². The van der Waals surface area contributed by atoms with E-state index in [1.165, 1.54) is 0 Å². The minimum atomic E-state index is 0.580. The molecule has 0 amide bonds. The van der Waals surface area contributed by atoms with Gasteiger partial charge >= 0.3 is 0 Å². The SMILES string of the molecule is c1ccc(-c2cccc(-c3nc(-c4ccccc4)nc(-c4ccc5c(c4)oc4ccc(-c6cc(-c7ccccc7)c7oc8ccccc8c7c6)cc45)n3)c2)cc1. The second-order valence-corrected chi connectivity index (χ2v) is 14.0. The Labute approximate surface area is 322 Å². The highest BCUT2D eigenvalue weighted by molar-refractivity contribution is 6.12. The fraction of sp³-hybridized carbons (Fsp3) is 0. The zero-order valence-corrected chi connectivity index (χ0v) is 30.1. The first kappa shape index (κ1) is 31.9. The minimum absolute atomic E-state index is 0.580. The number of fused-ring (bicyclic) bond motifs is 6. The van der Waals surface area contributed by atoms with Crippen LogP contribution in [0.1, 0.15) is 0 Å². The molecule has 0 atom stereocenters. The zero-order chi connectivity index (χ0) is 37.0. The first-order valence-electron chi connectivity index (χ1n) is 18.7. The van der Waals surface area contributed by atoms with Crippen LogP contribution in [0.2, 0.25) is 0 Å². The maximum Gasteiger partial charge on any atom is 0.164 e. The van der Waals surface area contributed by atoms with E-state index in [4.69, 9.17) is 23.8 Å². The van der Waals surface area contributed by atoms with Crippen LogP contribution in [0.3, 0.4) is 0 Å². The number of rotatable bonds is 6. The predicted octanol–water partition coefficient (Wildman–Crippen LogP) is 13.7. The van der Waals surface area contributed by atoms with Gasteiger partial charge in [-0.1, -0.05) is 140 Å². The quantitative estimate of drug-likeness (QED) is 0.171. The highest BCUT2D eigenvalue weighted by atomic mass is 16.3. The number of furan rings is 2. The number of nitrogens with zero attached hydrogens (tertiary/aromatic N) is 3. The molecule has 0 N–H and O–H groups in total.